The summed E-state index contributed by atoms with van der Waals surface area (Å²) in [7, 11) is -10.2. The number of benzene rings is 1. The van der Waals surface area contributed by atoms with Gasteiger partial charge in [0.15, 0.2) is 11.6 Å². The van der Waals surface area contributed by atoms with Crippen LogP contribution in [-0.4, -0.2) is 79.7 Å². The van der Waals surface area contributed by atoms with E-state index in [1.807, 2.05) is 12.2 Å². The van der Waals surface area contributed by atoms with Crippen LogP contribution in [0.25, 0.3) is 10.9 Å². The Morgan fingerprint density at radius 1 is 1.20 bits per heavy atom. The summed E-state index contributed by atoms with van der Waals surface area (Å²) in [5, 5.41) is 14.0. The molecule has 1 aromatic carbocycles. The normalized spacial score (nSPS) is 18.2. The van der Waals surface area contributed by atoms with E-state index in [2.05, 4.69) is 10.1 Å². The number of rotatable bonds is 8. The number of carbonyl (C=O) groups excluding carboxylic acids is 1. The van der Waals surface area contributed by atoms with Crippen LogP contribution in [0.3, 0.4) is 0 Å². The zero-order valence-corrected chi connectivity index (χ0v) is 22.9. The number of pyridine rings is 1. The van der Waals surface area contributed by atoms with Gasteiger partial charge in [-0.05, 0) is 19.8 Å². The van der Waals surface area contributed by atoms with Gasteiger partial charge in [0.05, 0.1) is 23.7 Å². The minimum Gasteiger partial charge on any atom is -0.492 e. The summed E-state index contributed by atoms with van der Waals surface area (Å²) in [4.78, 5) is 76.8. The largest absolute Gasteiger partial charge is 0.492 e. The summed E-state index contributed by atoms with van der Waals surface area (Å²) < 4.78 is 50.9. The Labute approximate surface area is 225 Å². The number of ether oxygens (including phenoxy) is 2. The summed E-state index contributed by atoms with van der Waals surface area (Å²) in [6, 6.07) is -0.411. The first kappa shape index (κ1) is 29.9. The zero-order chi connectivity index (χ0) is 29.7. The Balaban J connectivity index is 2.01. The van der Waals surface area contributed by atoms with Crippen molar-refractivity contribution in [3.05, 3.63) is 27.8 Å². The van der Waals surface area contributed by atoms with Crippen LogP contribution in [0.15, 0.2) is 11.0 Å². The number of nitrogens with one attached hydrogen (secondary N) is 2. The molecule has 1 aliphatic carbocycles. The SMILES string of the molecule is COc1c(N2CCNC(C)C2)c(F)c(NC(=O)OC(P(=O)(O)O)P(=O)(O)O)c2c(=O)c(C(=O)O)cn(C3CC3)c12. The fourth-order valence-corrected chi connectivity index (χ4v) is 6.65. The van der Waals surface area contributed by atoms with E-state index in [9.17, 15) is 48.2 Å². The smallest absolute Gasteiger partial charge is 0.413 e. The third kappa shape index (κ3) is 5.72. The van der Waals surface area contributed by atoms with Gasteiger partial charge in [-0.25, -0.2) is 14.0 Å². The van der Waals surface area contributed by atoms with Crippen molar-refractivity contribution in [1.29, 1.82) is 0 Å². The summed E-state index contributed by atoms with van der Waals surface area (Å²) in [6.45, 7) is 2.76. The van der Waals surface area contributed by atoms with Crippen LogP contribution in [0.5, 0.6) is 5.75 Å². The molecule has 1 saturated heterocycles. The Morgan fingerprint density at radius 3 is 2.33 bits per heavy atom. The number of halogens is 1. The number of piperazine rings is 1. The van der Waals surface area contributed by atoms with Gasteiger partial charge < -0.3 is 48.9 Å². The minimum absolute atomic E-state index is 0.0561. The summed E-state index contributed by atoms with van der Waals surface area (Å²) in [5.41, 5.74) is -6.37. The molecule has 220 valence electrons. The van der Waals surface area contributed by atoms with Gasteiger partial charge in [0, 0.05) is 37.9 Å². The van der Waals surface area contributed by atoms with Gasteiger partial charge in [0.25, 0.3) is 0 Å². The first-order valence-corrected chi connectivity index (χ1v) is 15.2. The zero-order valence-electron chi connectivity index (χ0n) is 21.1. The molecule has 4 rings (SSSR count). The maximum atomic E-state index is 16.4. The second kappa shape index (κ2) is 10.7. The maximum absolute atomic E-state index is 16.4. The molecule has 2 heterocycles. The van der Waals surface area contributed by atoms with Gasteiger partial charge in [0.1, 0.15) is 11.3 Å². The van der Waals surface area contributed by atoms with Crippen LogP contribution in [0, 0.1) is 5.82 Å². The summed E-state index contributed by atoms with van der Waals surface area (Å²) >= 11 is 0. The Hall–Kier alpha value is -3.04. The van der Waals surface area contributed by atoms with Crippen LogP contribution in [0.2, 0.25) is 0 Å². The maximum Gasteiger partial charge on any atom is 0.413 e. The van der Waals surface area contributed by atoms with Gasteiger partial charge in [-0.1, -0.05) is 0 Å². The lowest BCUT2D eigenvalue weighted by Gasteiger charge is -2.35. The van der Waals surface area contributed by atoms with Crippen LogP contribution in [0.4, 0.5) is 20.6 Å². The molecule has 7 N–H and O–H groups in total. The van der Waals surface area contributed by atoms with E-state index < -0.39 is 60.7 Å². The number of fused-ring (bicyclic) bond motifs is 1. The molecular weight excluding hydrogens is 581 g/mol. The van der Waals surface area contributed by atoms with Crippen molar-refractivity contribution in [3.8, 4) is 5.75 Å². The predicted molar refractivity (Wildman–Crippen MR) is 138 cm³/mol. The second-order valence-corrected chi connectivity index (χ2v) is 13.1. The van der Waals surface area contributed by atoms with Crippen LogP contribution in [0.1, 0.15) is 36.2 Å². The number of hydrogen-bond acceptors (Lipinski definition) is 9. The fraction of sp³-hybridized carbons (Fsp3) is 0.476. The summed E-state index contributed by atoms with van der Waals surface area (Å²) in [6.07, 6.45) is 0.359. The third-order valence-electron chi connectivity index (χ3n) is 6.42. The first-order chi connectivity index (χ1) is 18.6. The highest BCUT2D eigenvalue weighted by Crippen LogP contribution is 2.60. The lowest BCUT2D eigenvalue weighted by atomic mass is 10.0. The van der Waals surface area contributed by atoms with Crippen molar-refractivity contribution >= 4 is 49.5 Å². The molecule has 0 spiro atoms. The van der Waals surface area contributed by atoms with E-state index in [0.29, 0.717) is 19.4 Å². The highest BCUT2D eigenvalue weighted by atomic mass is 31.2. The van der Waals surface area contributed by atoms with Gasteiger partial charge in [0.2, 0.25) is 5.43 Å². The number of aromatic carboxylic acids is 1. The van der Waals surface area contributed by atoms with E-state index in [4.69, 9.17) is 4.74 Å². The molecular formula is C21H27FN4O12P2. The molecule has 0 radical (unpaired) electrons. The van der Waals surface area contributed by atoms with E-state index >= 15 is 4.39 Å². The lowest BCUT2D eigenvalue weighted by molar-refractivity contribution is 0.0694. The minimum atomic E-state index is -5.73. The van der Waals surface area contributed by atoms with E-state index in [0.717, 1.165) is 6.20 Å². The molecule has 1 atom stereocenters. The van der Waals surface area contributed by atoms with Crippen molar-refractivity contribution < 1.29 is 57.3 Å². The predicted octanol–water partition coefficient (Wildman–Crippen LogP) is 1.17. The number of aromatic nitrogens is 1. The number of carboxylic acid groups (broad SMARTS) is 1. The third-order valence-corrected chi connectivity index (χ3v) is 9.58. The molecule has 1 aliphatic heterocycles. The highest BCUT2D eigenvalue weighted by Gasteiger charge is 2.47. The van der Waals surface area contributed by atoms with E-state index in [1.54, 1.807) is 4.90 Å². The number of carboxylic acids is 1. The number of amides is 1. The molecule has 19 heteroatoms. The molecule has 1 unspecified atom stereocenters. The number of methoxy groups -OCH3 is 1. The topological polar surface area (TPSA) is 237 Å². The van der Waals surface area contributed by atoms with Crippen molar-refractivity contribution in [2.75, 3.05) is 37.0 Å². The van der Waals surface area contributed by atoms with E-state index in [1.165, 1.54) is 11.7 Å². The molecule has 0 bridgehead atoms. The Kier molecular flexibility index (Phi) is 8.04. The average molecular weight is 608 g/mol. The number of nitrogens with zero attached hydrogens (tertiary/aromatic N) is 2. The Morgan fingerprint density at radius 2 is 1.82 bits per heavy atom. The van der Waals surface area contributed by atoms with Gasteiger partial charge >= 0.3 is 32.8 Å². The average Bonchev–Trinajstić information content (AvgIpc) is 3.67. The van der Waals surface area contributed by atoms with Crippen molar-refractivity contribution in [3.63, 3.8) is 0 Å². The van der Waals surface area contributed by atoms with Crippen LogP contribution in [-0.2, 0) is 13.9 Å². The van der Waals surface area contributed by atoms with Gasteiger partial charge in [-0.2, -0.15) is 0 Å². The van der Waals surface area contributed by atoms with Gasteiger partial charge in [-0.3, -0.25) is 19.2 Å². The summed E-state index contributed by atoms with van der Waals surface area (Å²) in [5.74, 6) is -3.02. The second-order valence-electron chi connectivity index (χ2n) is 9.45. The monoisotopic (exact) mass is 608 g/mol. The lowest BCUT2D eigenvalue weighted by Crippen LogP contribution is -2.49. The van der Waals surface area contributed by atoms with Crippen LogP contribution < -0.4 is 25.7 Å². The van der Waals surface area contributed by atoms with Gasteiger partial charge in [-0.15, -0.1) is 0 Å². The molecule has 16 nitrogen and oxygen atoms in total. The molecule has 2 aromatic rings. The first-order valence-electron chi connectivity index (χ1n) is 11.8. The standard InChI is InChI=1S/C21H27FN4O12P2/c1-9-7-25(6-5-23-9)16-13(22)14(24-20(30)38-21(39(31,32)33)40(34,35)36)12-15(18(16)37-2)26(10-3-4-10)8-11(17(12)27)19(28)29/h8-10,21,23H,3-7H2,1-2H3,(H,24,30)(H,28,29)(H2,31,32,33)(H2,34,35,36). The molecule has 1 saturated carbocycles. The van der Waals surface area contributed by atoms with Crippen molar-refractivity contribution in [1.82, 2.24) is 9.88 Å². The van der Waals surface area contributed by atoms with Crippen molar-refractivity contribution in [2.45, 2.75) is 37.4 Å². The molecule has 1 amide bonds. The number of anilines is 2. The molecule has 40 heavy (non-hydrogen) atoms. The molecule has 2 fully saturated rings. The quantitative estimate of drug-likeness (QED) is 0.208. The Bertz CT molecular complexity index is 1510. The van der Waals surface area contributed by atoms with E-state index in [-0.39, 0.29) is 42.1 Å². The number of hydrogen-bond donors (Lipinski definition) is 7. The van der Waals surface area contributed by atoms with Crippen LogP contribution >= 0.6 is 15.2 Å². The molecule has 1 aromatic heterocycles. The molecule has 2 aliphatic rings. The highest BCUT2D eigenvalue weighted by molar-refractivity contribution is 7.70. The van der Waals surface area contributed by atoms with Crippen molar-refractivity contribution in [2.24, 2.45) is 0 Å². The number of carbonyl (C=O) groups is 2. The fourth-order valence-electron chi connectivity index (χ4n) is 4.62.